The van der Waals surface area contributed by atoms with E-state index in [1.54, 1.807) is 93.8 Å². The van der Waals surface area contributed by atoms with Gasteiger partial charge in [0, 0.05) is 68.6 Å². The molecule has 2 aliphatic heterocycles. The van der Waals surface area contributed by atoms with Crippen LogP contribution in [0.1, 0.15) is 106 Å². The van der Waals surface area contributed by atoms with Crippen molar-refractivity contribution in [2.45, 2.75) is 121 Å². The molecule has 108 heavy (non-hydrogen) atoms. The Kier molecular flexibility index (Phi) is 24.3. The Morgan fingerprint density at radius 1 is 0.509 bits per heavy atom. The van der Waals surface area contributed by atoms with E-state index in [1.165, 1.54) is 51.9 Å². The summed E-state index contributed by atoms with van der Waals surface area (Å²) in [5.41, 5.74) is 17.4. The smallest absolute Gasteiger partial charge is 0.416 e. The number of aromatic amines is 3. The normalized spacial score (nSPS) is 14.4. The van der Waals surface area contributed by atoms with Crippen molar-refractivity contribution in [3.63, 3.8) is 0 Å². The fourth-order valence-electron chi connectivity index (χ4n) is 13.5. The lowest BCUT2D eigenvalue weighted by molar-refractivity contribution is -0.137. The summed E-state index contributed by atoms with van der Waals surface area (Å²) in [6.45, 7) is 20.0. The number of nitrogens with zero attached hydrogens (tertiary/aromatic N) is 5. The van der Waals surface area contributed by atoms with Crippen molar-refractivity contribution in [1.82, 2.24) is 45.0 Å². The van der Waals surface area contributed by atoms with Gasteiger partial charge in [0.2, 0.25) is 0 Å². The molecule has 6 aromatic carbocycles. The van der Waals surface area contributed by atoms with Crippen molar-refractivity contribution >= 4 is 118 Å². The molecule has 6 aromatic heterocycles. The highest BCUT2D eigenvalue weighted by Crippen LogP contribution is 2.45. The lowest BCUT2D eigenvalue weighted by Crippen LogP contribution is -2.43. The molecule has 0 saturated carbocycles. The van der Waals surface area contributed by atoms with Gasteiger partial charge in [-0.15, -0.1) is 0 Å². The molecule has 9 N–H and O–H groups in total. The van der Waals surface area contributed by atoms with Crippen LogP contribution < -0.4 is 11.1 Å². The average Bonchev–Trinajstić information content (AvgIpc) is 1.58. The van der Waals surface area contributed by atoms with E-state index in [0.29, 0.717) is 72.5 Å². The Morgan fingerprint density at radius 3 is 1.17 bits per heavy atom. The van der Waals surface area contributed by atoms with Crippen LogP contribution in [0.15, 0.2) is 142 Å². The number of hydrogen-bond donors (Lipinski definition) is 8. The second-order valence-electron chi connectivity index (χ2n) is 27.4. The third-order valence-electron chi connectivity index (χ3n) is 19.6. The first-order valence-corrected chi connectivity index (χ1v) is 41.3. The first kappa shape index (κ1) is 81.0. The number of carbonyl (C=O) groups is 2. The van der Waals surface area contributed by atoms with Crippen LogP contribution in [-0.2, 0) is 46.1 Å². The van der Waals surface area contributed by atoms with Crippen LogP contribution in [0.25, 0.3) is 99.2 Å². The molecule has 2 saturated heterocycles. The maximum Gasteiger partial charge on any atom is 0.416 e. The number of likely N-dealkylation sites (tertiary alicyclic amines) is 2. The average molecular weight is 1560 g/mol. The van der Waals surface area contributed by atoms with Gasteiger partial charge in [0.1, 0.15) is 16.9 Å². The number of carboxylic acid groups (broad SMARTS) is 1. The fourth-order valence-corrected chi connectivity index (χ4v) is 16.3. The molecule has 12 aromatic rings. The van der Waals surface area contributed by atoms with Crippen molar-refractivity contribution in [2.75, 3.05) is 57.5 Å². The zero-order valence-corrected chi connectivity index (χ0v) is 64.8. The third kappa shape index (κ3) is 18.1. The molecule has 572 valence electrons. The number of alkyl halides is 3. The van der Waals surface area contributed by atoms with Gasteiger partial charge in [0.25, 0.3) is 5.91 Å². The summed E-state index contributed by atoms with van der Waals surface area (Å²) >= 11 is 0. The number of rotatable bonds is 12. The van der Waals surface area contributed by atoms with Gasteiger partial charge in [0.15, 0.2) is 29.5 Å². The highest BCUT2D eigenvalue weighted by molar-refractivity contribution is 7.92. The minimum atomic E-state index is -4.67. The van der Waals surface area contributed by atoms with E-state index in [2.05, 4.69) is 65.2 Å². The summed E-state index contributed by atoms with van der Waals surface area (Å²) in [6.07, 6.45) is 4.85. The second-order valence-corrected chi connectivity index (χ2v) is 35.1. The van der Waals surface area contributed by atoms with E-state index in [-0.39, 0.29) is 55.0 Å². The number of pyridine rings is 3. The highest BCUT2D eigenvalue weighted by atomic mass is 32.3. The Balaban J connectivity index is 0.000000160. The second kappa shape index (κ2) is 32.4. The van der Waals surface area contributed by atoms with Gasteiger partial charge in [-0.3, -0.25) is 13.9 Å². The molecular weight excluding hydrogens is 1470 g/mol. The summed E-state index contributed by atoms with van der Waals surface area (Å²) in [5.74, 6) is -1.21. The number of nitrogens with one attached hydrogen (secondary N) is 4. The molecule has 0 spiro atoms. The van der Waals surface area contributed by atoms with Crippen molar-refractivity contribution in [1.29, 1.82) is 0 Å². The van der Waals surface area contributed by atoms with Crippen LogP contribution in [0.5, 0.6) is 0 Å². The standard InChI is InChI=1S/C28H32N4O3S.C22H19F3N2O2S.C22H20N2O4S.C6H14N2.H2O4S/c1-5-36(34,35)21-8-6-7-19(14-21)23-15-22(28(33)30-20-9-11-32(4)12-10-20)18(3)26-25(23)24-13-17(2)16-29-27(24)31-26;1-4-30(28,29)15-7-5-6-14(9-15)16-10-18(22(23,24)25)13(3)20-19(16)17-8-12(2)11-26-21(17)27-20;1-4-29(27,28)15-7-5-6-14(9-15)17-10-16(22(25)26)13(3)20-19(17)18-8-12(2)11-23-21(18)24-20;1-8-4-2-6(7)3-5-8;1-5(2,3)4/h6-8,13-16,20H,5,9-12H2,1-4H3,(H,29,31)(H,30,33);5-11H,4H2,1-3H3,(H,26,27);5-11H,4H2,1-3H3,(H,23,24)(H,25,26);6H,2-5,7H2,1H3;(H2,1,2,3,4). The number of carbonyl (C=O) groups excluding carboxylic acids is 1. The monoisotopic (exact) mass is 1560 g/mol. The molecular formula is C78H87F3N10O13S4. The summed E-state index contributed by atoms with van der Waals surface area (Å²) in [5, 5.41) is 17.8. The van der Waals surface area contributed by atoms with Crippen LogP contribution >= 0.6 is 0 Å². The quantitative estimate of drug-likeness (QED) is 0.0527. The number of benzene rings is 6. The number of aryl methyl sites for hydroxylation is 6. The molecule has 23 nitrogen and oxygen atoms in total. The maximum atomic E-state index is 13.8. The van der Waals surface area contributed by atoms with Crippen LogP contribution in [-0.4, -0.2) is 169 Å². The Hall–Kier alpha value is -9.50. The first-order chi connectivity index (χ1) is 50.7. The third-order valence-corrected chi connectivity index (χ3v) is 24.8. The SMILES string of the molecule is CCS(=O)(=O)c1cccc(-c2cc(C(=O)NC3CCN(C)CC3)c(C)c3[nH]c4ncc(C)cc4c23)c1.CCS(=O)(=O)c1cccc(-c2cc(C(=O)O)c(C)c3[nH]c4ncc(C)cc4c23)c1.CCS(=O)(=O)c1cccc(-c2cc(C(F)(F)F)c(C)c3[nH]c4ncc(C)cc4c23)c1.CN1CCC(N)CC1.O=S(=O)(O)O. The number of fused-ring (bicyclic) bond motifs is 9. The number of H-pyrrole nitrogens is 3. The van der Waals surface area contributed by atoms with Crippen molar-refractivity contribution in [3.8, 4) is 33.4 Å². The summed E-state index contributed by atoms with van der Waals surface area (Å²) in [6, 6.07) is 30.9. The summed E-state index contributed by atoms with van der Waals surface area (Å²) < 4.78 is 148. The molecule has 0 radical (unpaired) electrons. The molecule has 0 atom stereocenters. The topological polar surface area (TPSA) is 362 Å². The zero-order valence-electron chi connectivity index (χ0n) is 61.6. The predicted molar refractivity (Wildman–Crippen MR) is 418 cm³/mol. The van der Waals surface area contributed by atoms with E-state index in [9.17, 15) is 53.1 Å². The van der Waals surface area contributed by atoms with E-state index in [0.717, 1.165) is 98.1 Å². The number of piperidine rings is 2. The number of nitrogens with two attached hydrogens (primary N) is 1. The summed E-state index contributed by atoms with van der Waals surface area (Å²) in [4.78, 5) is 53.6. The number of sulfone groups is 3. The van der Waals surface area contributed by atoms with Gasteiger partial charge in [-0.25, -0.2) is 45.0 Å². The van der Waals surface area contributed by atoms with Gasteiger partial charge in [-0.1, -0.05) is 57.2 Å². The Labute approximate surface area is 624 Å². The number of carboxylic acids is 1. The molecule has 1 amide bonds. The fraction of sp³-hybridized carbons (Fsp3) is 0.321. The zero-order chi connectivity index (χ0) is 78.9. The van der Waals surface area contributed by atoms with Crippen LogP contribution in [0.3, 0.4) is 0 Å². The highest BCUT2D eigenvalue weighted by Gasteiger charge is 2.35. The molecule has 2 aliphatic rings. The molecule has 0 aliphatic carbocycles. The van der Waals surface area contributed by atoms with E-state index < -0.39 is 57.6 Å². The molecule has 2 fully saturated rings. The van der Waals surface area contributed by atoms with E-state index >= 15 is 0 Å². The van der Waals surface area contributed by atoms with Gasteiger partial charge in [0.05, 0.1) is 59.6 Å². The minimum Gasteiger partial charge on any atom is -0.478 e. The molecule has 14 rings (SSSR count). The van der Waals surface area contributed by atoms with Crippen LogP contribution in [0.2, 0.25) is 0 Å². The lowest BCUT2D eigenvalue weighted by Gasteiger charge is -2.29. The predicted octanol–water partition coefficient (Wildman–Crippen LogP) is 14.3. The molecule has 30 heteroatoms. The number of aromatic carboxylic acids is 1. The number of amides is 1. The van der Waals surface area contributed by atoms with E-state index in [4.69, 9.17) is 23.3 Å². The minimum absolute atomic E-state index is 0.00363. The molecule has 0 bridgehead atoms. The van der Waals surface area contributed by atoms with Gasteiger partial charge < -0.3 is 40.9 Å². The van der Waals surface area contributed by atoms with Gasteiger partial charge in [-0.2, -0.15) is 21.6 Å². The number of hydrogen-bond acceptors (Lipinski definition) is 16. The van der Waals surface area contributed by atoms with Gasteiger partial charge >= 0.3 is 22.5 Å². The Bertz CT molecular complexity index is 5930. The largest absolute Gasteiger partial charge is 0.478 e. The molecule has 0 unspecified atom stereocenters. The lowest BCUT2D eigenvalue weighted by atomic mass is 9.93. The van der Waals surface area contributed by atoms with Crippen molar-refractivity contribution < 1.29 is 70.6 Å². The number of aromatic nitrogens is 6. The Morgan fingerprint density at radius 2 is 0.833 bits per heavy atom. The first-order valence-electron chi connectivity index (χ1n) is 34.9. The van der Waals surface area contributed by atoms with Crippen molar-refractivity contribution in [3.05, 3.63) is 178 Å². The van der Waals surface area contributed by atoms with E-state index in [1.807, 2.05) is 58.2 Å². The van der Waals surface area contributed by atoms with Gasteiger partial charge in [-0.05, 0) is 247 Å². The van der Waals surface area contributed by atoms with Crippen LogP contribution in [0.4, 0.5) is 13.2 Å². The summed E-state index contributed by atoms with van der Waals surface area (Å²) in [7, 11) is -10.7. The number of halogens is 3. The maximum absolute atomic E-state index is 13.8. The molecule has 8 heterocycles. The van der Waals surface area contributed by atoms with Crippen molar-refractivity contribution in [2.24, 2.45) is 5.73 Å². The van der Waals surface area contributed by atoms with Crippen LogP contribution in [0, 0.1) is 41.5 Å².